The summed E-state index contributed by atoms with van der Waals surface area (Å²) in [5, 5.41) is 14.4. The summed E-state index contributed by atoms with van der Waals surface area (Å²) in [6.45, 7) is 1.84. The highest BCUT2D eigenvalue weighted by Gasteiger charge is 2.42. The zero-order valence-electron chi connectivity index (χ0n) is 14.9. The molecule has 144 valence electrons. The fourth-order valence-electron chi connectivity index (χ4n) is 3.22. The number of nitrogens with zero attached hydrogens (tertiary/aromatic N) is 1. The number of nitro groups is 1. The number of carbonyl (C=O) groups excluding carboxylic acids is 2. The van der Waals surface area contributed by atoms with Crippen LogP contribution in [0, 0.1) is 10.1 Å². The summed E-state index contributed by atoms with van der Waals surface area (Å²) in [5.74, 6) is -1.72. The topological polar surface area (TPSA) is 98.5 Å². The van der Waals surface area contributed by atoms with Gasteiger partial charge in [-0.3, -0.25) is 14.9 Å². The number of halogens is 1. The van der Waals surface area contributed by atoms with E-state index in [0.717, 1.165) is 4.47 Å². The minimum atomic E-state index is -0.921. The lowest BCUT2D eigenvalue weighted by Gasteiger charge is -2.21. The molecule has 0 saturated heterocycles. The molecule has 7 nitrogen and oxygen atoms in total. The van der Waals surface area contributed by atoms with Crippen molar-refractivity contribution in [1.82, 2.24) is 5.32 Å². The molecule has 0 aliphatic carbocycles. The van der Waals surface area contributed by atoms with E-state index in [-0.39, 0.29) is 29.2 Å². The van der Waals surface area contributed by atoms with E-state index in [2.05, 4.69) is 21.2 Å². The number of Topliss-reactive ketones (excluding diaryl/α,β-unsaturated/α-hetero) is 1. The Kier molecular flexibility index (Phi) is 5.89. The van der Waals surface area contributed by atoms with Gasteiger partial charge >= 0.3 is 5.97 Å². The Morgan fingerprint density at radius 1 is 1.18 bits per heavy atom. The van der Waals surface area contributed by atoms with Gasteiger partial charge in [0.1, 0.15) is 6.04 Å². The molecule has 0 bridgehead atoms. The first-order chi connectivity index (χ1) is 13.4. The van der Waals surface area contributed by atoms with Crippen LogP contribution in [0.25, 0.3) is 0 Å². The van der Waals surface area contributed by atoms with Crippen molar-refractivity contribution in [3.63, 3.8) is 0 Å². The van der Waals surface area contributed by atoms with Crippen LogP contribution in [0.2, 0.25) is 0 Å². The molecule has 1 aliphatic rings. The number of hydrogen-bond donors (Lipinski definition) is 1. The number of rotatable bonds is 6. The number of ketones is 1. The van der Waals surface area contributed by atoms with Crippen LogP contribution in [0.4, 0.5) is 5.69 Å². The van der Waals surface area contributed by atoms with E-state index in [9.17, 15) is 19.7 Å². The molecule has 0 saturated carbocycles. The Hall–Kier alpha value is -3.00. The van der Waals surface area contributed by atoms with Crippen molar-refractivity contribution < 1.29 is 19.2 Å². The van der Waals surface area contributed by atoms with Gasteiger partial charge in [0.15, 0.2) is 5.78 Å². The lowest BCUT2D eigenvalue weighted by Crippen LogP contribution is -2.37. The van der Waals surface area contributed by atoms with Crippen molar-refractivity contribution in [3.8, 4) is 0 Å². The third kappa shape index (κ3) is 3.82. The largest absolute Gasteiger partial charge is 0.464 e. The van der Waals surface area contributed by atoms with Gasteiger partial charge in [-0.25, -0.2) is 4.79 Å². The molecule has 1 aliphatic heterocycles. The van der Waals surface area contributed by atoms with E-state index in [1.807, 2.05) is 0 Å². The maximum absolute atomic E-state index is 13.1. The van der Waals surface area contributed by atoms with Crippen LogP contribution in [0.15, 0.2) is 64.8 Å². The van der Waals surface area contributed by atoms with Gasteiger partial charge in [-0.1, -0.05) is 34.1 Å². The summed E-state index contributed by atoms with van der Waals surface area (Å²) >= 11 is 3.32. The smallest absolute Gasteiger partial charge is 0.329 e. The summed E-state index contributed by atoms with van der Waals surface area (Å²) in [6, 6.07) is 12.0. The SMILES string of the molecule is CCOC(=O)C1NC=C(C(=O)c2ccc(Br)cc2)C1c1ccccc1[N+](=O)[O-]. The number of carbonyl (C=O) groups is 2. The molecular weight excluding hydrogens is 428 g/mol. The predicted molar refractivity (Wildman–Crippen MR) is 106 cm³/mol. The van der Waals surface area contributed by atoms with Crippen LogP contribution < -0.4 is 5.32 Å². The van der Waals surface area contributed by atoms with Crippen LogP contribution in [-0.4, -0.2) is 29.3 Å². The highest BCUT2D eigenvalue weighted by molar-refractivity contribution is 9.10. The molecule has 0 amide bonds. The maximum atomic E-state index is 13.1. The van der Waals surface area contributed by atoms with Gasteiger partial charge in [0, 0.05) is 33.4 Å². The normalized spacial score (nSPS) is 18.1. The van der Waals surface area contributed by atoms with Gasteiger partial charge in [0.2, 0.25) is 0 Å². The molecule has 1 N–H and O–H groups in total. The third-order valence-electron chi connectivity index (χ3n) is 4.46. The molecular formula is C20H17BrN2O5. The summed E-state index contributed by atoms with van der Waals surface area (Å²) in [5.41, 5.74) is 0.825. The van der Waals surface area contributed by atoms with Gasteiger partial charge in [-0.2, -0.15) is 0 Å². The van der Waals surface area contributed by atoms with Gasteiger partial charge < -0.3 is 10.1 Å². The summed E-state index contributed by atoms with van der Waals surface area (Å²) < 4.78 is 5.93. The van der Waals surface area contributed by atoms with E-state index >= 15 is 0 Å². The monoisotopic (exact) mass is 444 g/mol. The van der Waals surface area contributed by atoms with Crippen molar-refractivity contribution in [2.24, 2.45) is 0 Å². The van der Waals surface area contributed by atoms with Crippen LogP contribution in [0.3, 0.4) is 0 Å². The molecule has 2 atom stereocenters. The first-order valence-electron chi connectivity index (χ1n) is 8.60. The molecule has 2 aromatic rings. The Balaban J connectivity index is 2.06. The third-order valence-corrected chi connectivity index (χ3v) is 4.99. The van der Waals surface area contributed by atoms with Gasteiger partial charge in [-0.15, -0.1) is 0 Å². The summed E-state index contributed by atoms with van der Waals surface area (Å²) in [4.78, 5) is 36.6. The van der Waals surface area contributed by atoms with E-state index in [1.165, 1.54) is 12.3 Å². The zero-order valence-corrected chi connectivity index (χ0v) is 16.5. The molecule has 8 heteroatoms. The molecule has 0 aromatic heterocycles. The minimum Gasteiger partial charge on any atom is -0.464 e. The first-order valence-corrected chi connectivity index (χ1v) is 9.39. The second-order valence-corrected chi connectivity index (χ2v) is 7.04. The number of esters is 1. The van der Waals surface area contributed by atoms with Crippen molar-refractivity contribution in [1.29, 1.82) is 0 Å². The second kappa shape index (κ2) is 8.35. The quantitative estimate of drug-likeness (QED) is 0.315. The fraction of sp³-hybridized carbons (Fsp3) is 0.200. The van der Waals surface area contributed by atoms with Crippen molar-refractivity contribution in [2.75, 3.05) is 6.61 Å². The molecule has 2 aromatic carbocycles. The van der Waals surface area contributed by atoms with E-state index in [0.29, 0.717) is 5.56 Å². The number of hydrogen-bond acceptors (Lipinski definition) is 6. The Bertz CT molecular complexity index is 955. The molecule has 0 fully saturated rings. The van der Waals surface area contributed by atoms with Gasteiger partial charge in [0.25, 0.3) is 5.69 Å². The predicted octanol–water partition coefficient (Wildman–Crippen LogP) is 3.74. The number of ether oxygens (including phenoxy) is 1. The molecule has 0 spiro atoms. The van der Waals surface area contributed by atoms with Crippen molar-refractivity contribution in [2.45, 2.75) is 18.9 Å². The lowest BCUT2D eigenvalue weighted by atomic mass is 9.83. The molecule has 2 unspecified atom stereocenters. The number of benzene rings is 2. The molecule has 3 rings (SSSR count). The number of nitrogens with one attached hydrogen (secondary N) is 1. The summed E-state index contributed by atoms with van der Waals surface area (Å²) in [7, 11) is 0. The molecule has 1 heterocycles. The van der Waals surface area contributed by atoms with Crippen molar-refractivity contribution >= 4 is 33.4 Å². The Morgan fingerprint density at radius 3 is 2.50 bits per heavy atom. The molecule has 28 heavy (non-hydrogen) atoms. The minimum absolute atomic E-state index is 0.153. The average Bonchev–Trinajstić information content (AvgIpc) is 3.13. The average molecular weight is 445 g/mol. The van der Waals surface area contributed by atoms with Gasteiger partial charge in [0.05, 0.1) is 17.4 Å². The van der Waals surface area contributed by atoms with Crippen LogP contribution in [-0.2, 0) is 9.53 Å². The fourth-order valence-corrected chi connectivity index (χ4v) is 3.48. The van der Waals surface area contributed by atoms with E-state index in [4.69, 9.17) is 4.74 Å². The van der Waals surface area contributed by atoms with Crippen LogP contribution in [0.1, 0.15) is 28.8 Å². The standard InChI is InChI=1S/C20H17BrN2O5/c1-2-28-20(25)18-17(14-5-3-4-6-16(14)23(26)27)15(11-22-18)19(24)12-7-9-13(21)10-8-12/h3-11,17-18,22H,2H2,1H3. The summed E-state index contributed by atoms with van der Waals surface area (Å²) in [6.07, 6.45) is 1.45. The Labute approximate surface area is 169 Å². The Morgan fingerprint density at radius 2 is 1.86 bits per heavy atom. The van der Waals surface area contributed by atoms with E-state index in [1.54, 1.807) is 49.4 Å². The number of para-hydroxylation sites is 1. The maximum Gasteiger partial charge on any atom is 0.329 e. The number of nitro benzene ring substituents is 1. The first kappa shape index (κ1) is 19.8. The molecule has 0 radical (unpaired) electrons. The van der Waals surface area contributed by atoms with Crippen LogP contribution >= 0.6 is 15.9 Å². The highest BCUT2D eigenvalue weighted by Crippen LogP contribution is 2.39. The second-order valence-electron chi connectivity index (χ2n) is 6.13. The van der Waals surface area contributed by atoms with Gasteiger partial charge in [-0.05, 0) is 31.2 Å². The highest BCUT2D eigenvalue weighted by atomic mass is 79.9. The zero-order chi connectivity index (χ0) is 20.3. The lowest BCUT2D eigenvalue weighted by molar-refractivity contribution is -0.385. The van der Waals surface area contributed by atoms with Crippen LogP contribution in [0.5, 0.6) is 0 Å². The van der Waals surface area contributed by atoms with E-state index < -0.39 is 22.9 Å². The van der Waals surface area contributed by atoms with Crippen molar-refractivity contribution in [3.05, 3.63) is 86.0 Å².